The third-order valence-corrected chi connectivity index (χ3v) is 3.60. The van der Waals surface area contributed by atoms with Crippen molar-refractivity contribution in [2.75, 3.05) is 41.7 Å². The van der Waals surface area contributed by atoms with Crippen LogP contribution < -0.4 is 15.5 Å². The van der Waals surface area contributed by atoms with Crippen LogP contribution in [0.3, 0.4) is 0 Å². The van der Waals surface area contributed by atoms with Crippen molar-refractivity contribution in [1.82, 2.24) is 4.98 Å². The zero-order valence-corrected chi connectivity index (χ0v) is 11.5. The number of aromatic nitrogens is 1. The van der Waals surface area contributed by atoms with Gasteiger partial charge >= 0.3 is 0 Å². The lowest BCUT2D eigenvalue weighted by atomic mass is 10.2. The van der Waals surface area contributed by atoms with E-state index < -0.39 is 11.6 Å². The van der Waals surface area contributed by atoms with Gasteiger partial charge in [0.2, 0.25) is 0 Å². The van der Waals surface area contributed by atoms with Crippen molar-refractivity contribution in [2.45, 2.75) is 0 Å². The van der Waals surface area contributed by atoms with Crippen LogP contribution >= 0.6 is 0 Å². The van der Waals surface area contributed by atoms with Gasteiger partial charge in [0.05, 0.1) is 6.20 Å². The lowest BCUT2D eigenvalue weighted by molar-refractivity contribution is 0.558. The highest BCUT2D eigenvalue weighted by molar-refractivity contribution is 5.57. The molecule has 2 N–H and O–H groups in total. The first-order valence-electron chi connectivity index (χ1n) is 6.80. The fourth-order valence-electron chi connectivity index (χ4n) is 2.54. The van der Waals surface area contributed by atoms with Crippen LogP contribution in [0.2, 0.25) is 0 Å². The quantitative estimate of drug-likeness (QED) is 0.862. The summed E-state index contributed by atoms with van der Waals surface area (Å²) >= 11 is 0. The summed E-state index contributed by atoms with van der Waals surface area (Å²) in [7, 11) is 0. The van der Waals surface area contributed by atoms with E-state index in [0.717, 1.165) is 36.7 Å². The lowest BCUT2D eigenvalue weighted by Gasteiger charge is -2.36. The molecule has 0 amide bonds. The topological polar surface area (TPSA) is 45.4 Å². The highest BCUT2D eigenvalue weighted by Gasteiger charge is 2.21. The number of hydrogen-bond acceptors (Lipinski definition) is 4. The molecule has 110 valence electrons. The molecule has 4 nitrogen and oxygen atoms in total. The number of benzene rings is 1. The van der Waals surface area contributed by atoms with Crippen LogP contribution in [0.25, 0.3) is 0 Å². The van der Waals surface area contributed by atoms with Crippen LogP contribution in [0.4, 0.5) is 26.0 Å². The van der Waals surface area contributed by atoms with Gasteiger partial charge < -0.3 is 15.5 Å². The Bertz CT molecular complexity index is 639. The predicted molar refractivity (Wildman–Crippen MR) is 79.4 cm³/mol. The van der Waals surface area contributed by atoms with Gasteiger partial charge in [-0.25, -0.2) is 13.8 Å². The monoisotopic (exact) mass is 290 g/mol. The van der Waals surface area contributed by atoms with E-state index in [1.54, 1.807) is 0 Å². The molecule has 0 unspecified atom stereocenters. The number of nitrogens with zero attached hydrogens (tertiary/aromatic N) is 3. The van der Waals surface area contributed by atoms with Gasteiger partial charge in [-0.05, 0) is 18.2 Å². The average molecular weight is 290 g/mol. The molecule has 6 heteroatoms. The van der Waals surface area contributed by atoms with Gasteiger partial charge in [0, 0.05) is 43.6 Å². The number of nitrogen functional groups attached to an aromatic ring is 1. The van der Waals surface area contributed by atoms with E-state index in [-0.39, 0.29) is 5.82 Å². The summed E-state index contributed by atoms with van der Waals surface area (Å²) in [6.07, 6.45) is 1.04. The van der Waals surface area contributed by atoms with Crippen molar-refractivity contribution in [3.8, 4) is 0 Å². The number of anilines is 3. The molecule has 0 radical (unpaired) electrons. The lowest BCUT2D eigenvalue weighted by Crippen LogP contribution is -2.47. The normalized spacial score (nSPS) is 15.3. The maximum atomic E-state index is 13.7. The molecule has 2 aromatic rings. The number of piperazine rings is 1. The Hall–Kier alpha value is -2.37. The minimum Gasteiger partial charge on any atom is -0.399 e. The maximum absolute atomic E-state index is 13.7. The smallest absolute Gasteiger partial charge is 0.168 e. The number of hydrogen-bond donors (Lipinski definition) is 1. The molecule has 0 spiro atoms. The van der Waals surface area contributed by atoms with Gasteiger partial charge in [0.1, 0.15) is 5.82 Å². The number of nitrogens with two attached hydrogens (primary N) is 1. The minimum atomic E-state index is -0.658. The second kappa shape index (κ2) is 5.55. The Labute approximate surface area is 121 Å². The molecule has 0 aliphatic carbocycles. The largest absolute Gasteiger partial charge is 0.399 e. The van der Waals surface area contributed by atoms with Gasteiger partial charge in [0.25, 0.3) is 0 Å². The molecule has 0 atom stereocenters. The summed E-state index contributed by atoms with van der Waals surface area (Å²) in [5.74, 6) is -1.06. The number of rotatable bonds is 2. The van der Waals surface area contributed by atoms with Crippen LogP contribution in [0.1, 0.15) is 0 Å². The first kappa shape index (κ1) is 13.6. The average Bonchev–Trinajstić information content (AvgIpc) is 2.47. The van der Waals surface area contributed by atoms with Crippen LogP contribution in [-0.2, 0) is 0 Å². The third kappa shape index (κ3) is 2.89. The van der Waals surface area contributed by atoms with Crippen molar-refractivity contribution in [3.63, 3.8) is 0 Å². The molecule has 1 fully saturated rings. The van der Waals surface area contributed by atoms with Crippen LogP contribution in [0.15, 0.2) is 36.5 Å². The Kier molecular flexibility index (Phi) is 3.60. The molecule has 0 bridgehead atoms. The summed E-state index contributed by atoms with van der Waals surface area (Å²) in [6.45, 7) is 2.73. The Morgan fingerprint density at radius 1 is 1.00 bits per heavy atom. The Balaban J connectivity index is 1.70. The number of halogens is 2. The van der Waals surface area contributed by atoms with Crippen LogP contribution in [-0.4, -0.2) is 31.2 Å². The molecule has 1 aliphatic rings. The molecular formula is C15H16F2N4. The summed E-state index contributed by atoms with van der Waals surface area (Å²) in [4.78, 5) is 7.87. The zero-order chi connectivity index (χ0) is 14.8. The minimum absolute atomic E-state index is 0.212. The van der Waals surface area contributed by atoms with Crippen molar-refractivity contribution in [1.29, 1.82) is 0 Å². The highest BCUT2D eigenvalue weighted by atomic mass is 19.1. The number of pyridine rings is 1. The molecule has 21 heavy (non-hydrogen) atoms. The van der Waals surface area contributed by atoms with Gasteiger partial charge in [0.15, 0.2) is 11.6 Å². The van der Waals surface area contributed by atoms with Gasteiger partial charge in [-0.3, -0.25) is 0 Å². The maximum Gasteiger partial charge on any atom is 0.168 e. The molecule has 2 heterocycles. The van der Waals surface area contributed by atoms with Gasteiger partial charge in [-0.1, -0.05) is 6.07 Å². The zero-order valence-electron chi connectivity index (χ0n) is 11.5. The highest BCUT2D eigenvalue weighted by Crippen LogP contribution is 2.22. The van der Waals surface area contributed by atoms with Crippen molar-refractivity contribution < 1.29 is 8.78 Å². The Morgan fingerprint density at radius 3 is 2.38 bits per heavy atom. The fourth-order valence-corrected chi connectivity index (χ4v) is 2.54. The molecular weight excluding hydrogens is 274 g/mol. The second-order valence-corrected chi connectivity index (χ2v) is 5.03. The molecule has 1 aromatic heterocycles. The molecule has 1 aromatic carbocycles. The predicted octanol–water partition coefficient (Wildman–Crippen LogP) is 2.27. The van der Waals surface area contributed by atoms with E-state index in [2.05, 4.69) is 9.88 Å². The standard InChI is InChI=1S/C15H16F2N4/c16-11-8-14(17)15(19-10-11)21-6-4-20(5-7-21)13-3-1-2-12(18)9-13/h1-3,8-10H,4-7,18H2. The van der Waals surface area contributed by atoms with E-state index in [4.69, 9.17) is 5.73 Å². The molecule has 3 rings (SSSR count). The van der Waals surface area contributed by atoms with E-state index >= 15 is 0 Å². The van der Waals surface area contributed by atoms with Crippen LogP contribution in [0.5, 0.6) is 0 Å². The van der Waals surface area contributed by atoms with E-state index in [0.29, 0.717) is 13.1 Å². The van der Waals surface area contributed by atoms with E-state index in [1.165, 1.54) is 0 Å². The molecule has 1 aliphatic heterocycles. The second-order valence-electron chi connectivity index (χ2n) is 5.03. The van der Waals surface area contributed by atoms with Gasteiger partial charge in [-0.15, -0.1) is 0 Å². The summed E-state index contributed by atoms with van der Waals surface area (Å²) in [6, 6.07) is 8.55. The summed E-state index contributed by atoms with van der Waals surface area (Å²) < 4.78 is 26.6. The van der Waals surface area contributed by atoms with Crippen molar-refractivity contribution in [3.05, 3.63) is 48.2 Å². The fraction of sp³-hybridized carbons (Fsp3) is 0.267. The third-order valence-electron chi connectivity index (χ3n) is 3.60. The molecule has 0 saturated carbocycles. The molecule has 1 saturated heterocycles. The Morgan fingerprint density at radius 2 is 1.71 bits per heavy atom. The van der Waals surface area contributed by atoms with Crippen LogP contribution in [0, 0.1) is 11.6 Å². The first-order valence-corrected chi connectivity index (χ1v) is 6.80. The van der Waals surface area contributed by atoms with Crippen molar-refractivity contribution >= 4 is 17.2 Å². The first-order chi connectivity index (χ1) is 10.1. The van der Waals surface area contributed by atoms with Crippen molar-refractivity contribution in [2.24, 2.45) is 0 Å². The van der Waals surface area contributed by atoms with Gasteiger partial charge in [-0.2, -0.15) is 0 Å². The van der Waals surface area contributed by atoms with E-state index in [9.17, 15) is 8.78 Å². The summed E-state index contributed by atoms with van der Waals surface area (Å²) in [5.41, 5.74) is 7.57. The summed E-state index contributed by atoms with van der Waals surface area (Å²) in [5, 5.41) is 0. The SMILES string of the molecule is Nc1cccc(N2CCN(c3ncc(F)cc3F)CC2)c1. The van der Waals surface area contributed by atoms with E-state index in [1.807, 2.05) is 29.2 Å².